The van der Waals surface area contributed by atoms with E-state index in [1.807, 2.05) is 18.2 Å². The summed E-state index contributed by atoms with van der Waals surface area (Å²) in [6.45, 7) is 2.13. The van der Waals surface area contributed by atoms with Crippen molar-refractivity contribution in [2.45, 2.75) is 51.5 Å². The van der Waals surface area contributed by atoms with Gasteiger partial charge in [0.15, 0.2) is 0 Å². The number of nitrogens with one attached hydrogen (secondary N) is 1. The van der Waals surface area contributed by atoms with Crippen LogP contribution in [0.2, 0.25) is 0 Å². The van der Waals surface area contributed by atoms with Crippen LogP contribution in [0.4, 0.5) is 0 Å². The SMILES string of the molecule is C[C@@H](NC(=O)c1cc2ccccc2oc1=O)C12CC3CC(CC(C3)C1)C2. The van der Waals surface area contributed by atoms with Gasteiger partial charge in [0, 0.05) is 11.4 Å². The van der Waals surface area contributed by atoms with Crippen molar-refractivity contribution in [1.29, 1.82) is 0 Å². The zero-order valence-corrected chi connectivity index (χ0v) is 15.2. The largest absolute Gasteiger partial charge is 0.422 e. The zero-order chi connectivity index (χ0) is 17.9. The molecule has 2 aromatic rings. The fourth-order valence-electron chi connectivity index (χ4n) is 6.36. The van der Waals surface area contributed by atoms with Gasteiger partial charge in [0.25, 0.3) is 5.91 Å². The summed E-state index contributed by atoms with van der Waals surface area (Å²) in [5.41, 5.74) is 0.295. The summed E-state index contributed by atoms with van der Waals surface area (Å²) in [5, 5.41) is 3.94. The number of benzene rings is 1. The smallest absolute Gasteiger partial charge is 0.349 e. The minimum atomic E-state index is -0.557. The lowest BCUT2D eigenvalue weighted by atomic mass is 9.48. The Morgan fingerprint density at radius 1 is 1.12 bits per heavy atom. The van der Waals surface area contributed by atoms with E-state index < -0.39 is 5.63 Å². The van der Waals surface area contributed by atoms with Crippen LogP contribution in [0.1, 0.15) is 55.8 Å². The molecule has 4 aliphatic carbocycles. The van der Waals surface area contributed by atoms with E-state index in [0.29, 0.717) is 5.58 Å². The van der Waals surface area contributed by atoms with E-state index in [0.717, 1.165) is 23.1 Å². The fourth-order valence-corrected chi connectivity index (χ4v) is 6.36. The Kier molecular flexibility index (Phi) is 3.53. The van der Waals surface area contributed by atoms with E-state index in [1.54, 1.807) is 12.1 Å². The number of hydrogen-bond donors (Lipinski definition) is 1. The van der Waals surface area contributed by atoms with E-state index >= 15 is 0 Å². The highest BCUT2D eigenvalue weighted by molar-refractivity contribution is 5.96. The van der Waals surface area contributed by atoms with Crippen LogP contribution in [0.25, 0.3) is 11.0 Å². The van der Waals surface area contributed by atoms with Gasteiger partial charge >= 0.3 is 5.63 Å². The van der Waals surface area contributed by atoms with Gasteiger partial charge in [0.05, 0.1) is 0 Å². The Hall–Kier alpha value is -2.10. The molecule has 1 heterocycles. The molecule has 0 radical (unpaired) electrons. The van der Waals surface area contributed by atoms with Gasteiger partial charge in [-0.1, -0.05) is 18.2 Å². The minimum Gasteiger partial charge on any atom is -0.422 e. The molecule has 4 saturated carbocycles. The van der Waals surface area contributed by atoms with Crippen LogP contribution in [0.15, 0.2) is 39.5 Å². The van der Waals surface area contributed by atoms with Gasteiger partial charge in [0.1, 0.15) is 11.1 Å². The number of rotatable bonds is 3. The highest BCUT2D eigenvalue weighted by Gasteiger charge is 2.53. The molecule has 1 aromatic carbocycles. The van der Waals surface area contributed by atoms with E-state index in [-0.39, 0.29) is 22.9 Å². The van der Waals surface area contributed by atoms with Crippen LogP contribution in [0.3, 0.4) is 0 Å². The van der Waals surface area contributed by atoms with E-state index in [9.17, 15) is 9.59 Å². The monoisotopic (exact) mass is 351 g/mol. The molecule has 0 aliphatic heterocycles. The summed E-state index contributed by atoms with van der Waals surface area (Å²) >= 11 is 0. The predicted octanol–water partition coefficient (Wildman–Crippen LogP) is 4.13. The number of carbonyl (C=O) groups excluding carboxylic acids is 1. The third kappa shape index (κ3) is 2.50. The van der Waals surface area contributed by atoms with Crippen molar-refractivity contribution in [1.82, 2.24) is 5.32 Å². The summed E-state index contributed by atoms with van der Waals surface area (Å²) in [6, 6.07) is 9.05. The first-order valence-corrected chi connectivity index (χ1v) is 9.86. The Labute approximate surface area is 153 Å². The normalized spacial score (nSPS) is 33.3. The second-order valence-corrected chi connectivity index (χ2v) is 8.96. The number of para-hydroxylation sites is 1. The predicted molar refractivity (Wildman–Crippen MR) is 100 cm³/mol. The van der Waals surface area contributed by atoms with Crippen molar-refractivity contribution in [3.63, 3.8) is 0 Å². The average molecular weight is 351 g/mol. The lowest BCUT2D eigenvalue weighted by Crippen LogP contribution is -2.56. The molecule has 4 nitrogen and oxygen atoms in total. The summed E-state index contributed by atoms with van der Waals surface area (Å²) in [6.07, 6.45) is 7.84. The lowest BCUT2D eigenvalue weighted by Gasteiger charge is -2.59. The van der Waals surface area contributed by atoms with E-state index in [4.69, 9.17) is 4.42 Å². The van der Waals surface area contributed by atoms with Gasteiger partial charge < -0.3 is 9.73 Å². The topological polar surface area (TPSA) is 59.3 Å². The Balaban J connectivity index is 1.40. The van der Waals surface area contributed by atoms with Crippen LogP contribution in [-0.4, -0.2) is 11.9 Å². The fraction of sp³-hybridized carbons (Fsp3) is 0.545. The van der Waals surface area contributed by atoms with Crippen molar-refractivity contribution in [3.05, 3.63) is 46.3 Å². The van der Waals surface area contributed by atoms with Crippen molar-refractivity contribution >= 4 is 16.9 Å². The molecule has 136 valence electrons. The summed E-state index contributed by atoms with van der Waals surface area (Å²) in [5.74, 6) is 2.22. The third-order valence-electron chi connectivity index (χ3n) is 7.24. The standard InChI is InChI=1S/C22H25NO3/c1-13(22-10-14-6-15(11-22)8-16(7-14)12-22)23-20(24)18-9-17-4-2-3-5-19(17)26-21(18)25/h2-5,9,13-16H,6-8,10-12H2,1H3,(H,23,24)/t13-,14?,15?,16?,22?/m1/s1. The molecule has 1 amide bonds. The van der Waals surface area contributed by atoms with Crippen LogP contribution in [0, 0.1) is 23.2 Å². The molecule has 6 rings (SSSR count). The first kappa shape index (κ1) is 16.1. The number of amides is 1. The molecular formula is C22H25NO3. The molecular weight excluding hydrogens is 326 g/mol. The second-order valence-electron chi connectivity index (χ2n) is 8.96. The third-order valence-corrected chi connectivity index (χ3v) is 7.24. The minimum absolute atomic E-state index is 0.0919. The quantitative estimate of drug-likeness (QED) is 0.846. The zero-order valence-electron chi connectivity index (χ0n) is 15.2. The maximum Gasteiger partial charge on any atom is 0.349 e. The summed E-state index contributed by atoms with van der Waals surface area (Å²) in [7, 11) is 0. The molecule has 4 fully saturated rings. The first-order chi connectivity index (χ1) is 12.5. The van der Waals surface area contributed by atoms with Gasteiger partial charge in [-0.05, 0) is 80.8 Å². The molecule has 1 aromatic heterocycles. The van der Waals surface area contributed by atoms with Gasteiger partial charge in [-0.3, -0.25) is 4.79 Å². The van der Waals surface area contributed by atoms with Crippen LogP contribution in [0.5, 0.6) is 0 Å². The average Bonchev–Trinajstić information content (AvgIpc) is 2.59. The van der Waals surface area contributed by atoms with Gasteiger partial charge in [-0.15, -0.1) is 0 Å². The summed E-state index contributed by atoms with van der Waals surface area (Å²) < 4.78 is 5.33. The Morgan fingerprint density at radius 2 is 1.73 bits per heavy atom. The molecule has 1 N–H and O–H groups in total. The van der Waals surface area contributed by atoms with Crippen LogP contribution in [-0.2, 0) is 0 Å². The maximum absolute atomic E-state index is 12.8. The van der Waals surface area contributed by atoms with Gasteiger partial charge in [0.2, 0.25) is 0 Å². The van der Waals surface area contributed by atoms with Gasteiger partial charge in [-0.25, -0.2) is 4.79 Å². The maximum atomic E-state index is 12.8. The molecule has 1 atom stereocenters. The number of fused-ring (bicyclic) bond motifs is 1. The highest BCUT2D eigenvalue weighted by atomic mass is 16.4. The van der Waals surface area contributed by atoms with E-state index in [1.165, 1.54) is 38.5 Å². The van der Waals surface area contributed by atoms with Gasteiger partial charge in [-0.2, -0.15) is 0 Å². The van der Waals surface area contributed by atoms with Crippen molar-refractivity contribution in [2.24, 2.45) is 23.2 Å². The number of carbonyl (C=O) groups is 1. The second kappa shape index (κ2) is 5.70. The van der Waals surface area contributed by atoms with Crippen LogP contribution >= 0.6 is 0 Å². The first-order valence-electron chi connectivity index (χ1n) is 9.86. The Bertz CT molecular complexity index is 893. The number of hydrogen-bond acceptors (Lipinski definition) is 3. The molecule has 0 spiro atoms. The molecule has 4 heteroatoms. The van der Waals surface area contributed by atoms with Crippen molar-refractivity contribution < 1.29 is 9.21 Å². The lowest BCUT2D eigenvalue weighted by molar-refractivity contribution is -0.0688. The molecule has 0 unspecified atom stereocenters. The Morgan fingerprint density at radius 3 is 2.38 bits per heavy atom. The molecule has 4 bridgehead atoms. The van der Waals surface area contributed by atoms with Crippen molar-refractivity contribution in [3.8, 4) is 0 Å². The molecule has 4 aliphatic rings. The summed E-state index contributed by atoms with van der Waals surface area (Å²) in [4.78, 5) is 25.1. The molecule has 0 saturated heterocycles. The van der Waals surface area contributed by atoms with Crippen molar-refractivity contribution in [2.75, 3.05) is 0 Å². The van der Waals surface area contributed by atoms with E-state index in [2.05, 4.69) is 12.2 Å². The van der Waals surface area contributed by atoms with Crippen LogP contribution < -0.4 is 10.9 Å². The molecule has 26 heavy (non-hydrogen) atoms. The highest BCUT2D eigenvalue weighted by Crippen LogP contribution is 2.61.